The fourth-order valence-corrected chi connectivity index (χ4v) is 2.51. The maximum atomic E-state index is 11.4. The van der Waals surface area contributed by atoms with Crippen LogP contribution in [0.1, 0.15) is 19.3 Å². The van der Waals surface area contributed by atoms with Crippen LogP contribution in [0, 0.1) is 5.92 Å². The number of methoxy groups -OCH3 is 1. The zero-order valence-corrected chi connectivity index (χ0v) is 10.0. The van der Waals surface area contributed by atoms with Crippen LogP contribution >= 0.6 is 24.0 Å². The number of Topliss-reactive ketones (excluding diaryl/α,β-unsaturated/α-hetero) is 1. The standard InChI is InChI=1S/C10H12O3S2/c1-13-9(12)5-6-15-10(14)7-3-2-4-8(7)11/h5-7H,2-4H2,1H3/b6-5+/t7-/m0/s1. The van der Waals surface area contributed by atoms with Gasteiger partial charge in [-0.25, -0.2) is 4.79 Å². The summed E-state index contributed by atoms with van der Waals surface area (Å²) in [6.07, 6.45) is 3.70. The molecule has 0 N–H and O–H groups in total. The Morgan fingerprint density at radius 3 is 2.93 bits per heavy atom. The molecule has 0 amide bonds. The molecule has 0 unspecified atom stereocenters. The average Bonchev–Trinajstić information content (AvgIpc) is 2.64. The molecule has 0 aromatic heterocycles. The largest absolute Gasteiger partial charge is 0.466 e. The molecule has 1 aliphatic rings. The van der Waals surface area contributed by atoms with Crippen LogP contribution in [0.25, 0.3) is 0 Å². The minimum atomic E-state index is -0.414. The first-order valence-electron chi connectivity index (χ1n) is 4.63. The van der Waals surface area contributed by atoms with Crippen molar-refractivity contribution >= 4 is 39.9 Å². The summed E-state index contributed by atoms with van der Waals surface area (Å²) in [5, 5.41) is 1.57. The van der Waals surface area contributed by atoms with Crippen molar-refractivity contribution in [1.82, 2.24) is 0 Å². The van der Waals surface area contributed by atoms with Gasteiger partial charge in [-0.3, -0.25) is 4.79 Å². The molecule has 5 heteroatoms. The van der Waals surface area contributed by atoms with E-state index in [0.29, 0.717) is 10.6 Å². The Hall–Kier alpha value is -0.680. The van der Waals surface area contributed by atoms with Crippen LogP contribution in [-0.2, 0) is 14.3 Å². The van der Waals surface area contributed by atoms with Gasteiger partial charge in [-0.1, -0.05) is 24.0 Å². The Kier molecular flexibility index (Phi) is 4.98. The molecular weight excluding hydrogens is 232 g/mol. The highest BCUT2D eigenvalue weighted by Crippen LogP contribution is 2.27. The highest BCUT2D eigenvalue weighted by Gasteiger charge is 2.27. The summed E-state index contributed by atoms with van der Waals surface area (Å²) in [6.45, 7) is 0. The minimum Gasteiger partial charge on any atom is -0.466 e. The van der Waals surface area contributed by atoms with E-state index in [9.17, 15) is 9.59 Å². The maximum Gasteiger partial charge on any atom is 0.330 e. The van der Waals surface area contributed by atoms with Crippen molar-refractivity contribution in [2.24, 2.45) is 5.92 Å². The van der Waals surface area contributed by atoms with Crippen LogP contribution in [0.4, 0.5) is 0 Å². The van der Waals surface area contributed by atoms with Gasteiger partial charge in [-0.05, 0) is 18.2 Å². The van der Waals surface area contributed by atoms with E-state index in [-0.39, 0.29) is 11.7 Å². The molecule has 0 aliphatic heterocycles. The molecule has 82 valence electrons. The van der Waals surface area contributed by atoms with Crippen molar-refractivity contribution in [3.05, 3.63) is 11.5 Å². The first kappa shape index (κ1) is 12.4. The molecule has 0 aromatic carbocycles. The number of rotatable bonds is 3. The smallest absolute Gasteiger partial charge is 0.330 e. The van der Waals surface area contributed by atoms with Gasteiger partial charge in [-0.2, -0.15) is 0 Å². The van der Waals surface area contributed by atoms with E-state index >= 15 is 0 Å². The molecule has 1 aliphatic carbocycles. The fourth-order valence-electron chi connectivity index (χ4n) is 1.37. The molecule has 0 bridgehead atoms. The van der Waals surface area contributed by atoms with Gasteiger partial charge in [-0.15, -0.1) is 0 Å². The Bertz CT molecular complexity index is 310. The molecule has 0 radical (unpaired) electrons. The Balaban J connectivity index is 2.39. The Morgan fingerprint density at radius 1 is 1.67 bits per heavy atom. The summed E-state index contributed by atoms with van der Waals surface area (Å²) >= 11 is 6.37. The lowest BCUT2D eigenvalue weighted by Gasteiger charge is -2.05. The van der Waals surface area contributed by atoms with Gasteiger partial charge in [0.15, 0.2) is 0 Å². The van der Waals surface area contributed by atoms with Crippen molar-refractivity contribution < 1.29 is 14.3 Å². The van der Waals surface area contributed by atoms with Crippen molar-refractivity contribution in [3.8, 4) is 0 Å². The highest BCUT2D eigenvalue weighted by atomic mass is 32.2. The Labute approximate surface area is 98.2 Å². The number of carbonyl (C=O) groups excluding carboxylic acids is 2. The fraction of sp³-hybridized carbons (Fsp3) is 0.500. The molecule has 0 saturated heterocycles. The number of carbonyl (C=O) groups is 2. The second-order valence-electron chi connectivity index (χ2n) is 3.17. The lowest BCUT2D eigenvalue weighted by Crippen LogP contribution is -2.13. The molecule has 1 fully saturated rings. The first-order chi connectivity index (χ1) is 7.15. The van der Waals surface area contributed by atoms with Crippen molar-refractivity contribution in [1.29, 1.82) is 0 Å². The van der Waals surface area contributed by atoms with Crippen LogP contribution < -0.4 is 0 Å². The predicted octanol–water partition coefficient (Wildman–Crippen LogP) is 2.10. The van der Waals surface area contributed by atoms with Gasteiger partial charge in [0.2, 0.25) is 0 Å². The monoisotopic (exact) mass is 244 g/mol. The molecule has 3 nitrogen and oxygen atoms in total. The lowest BCUT2D eigenvalue weighted by atomic mass is 10.1. The lowest BCUT2D eigenvalue weighted by molar-refractivity contribution is -0.134. The number of thioether (sulfide) groups is 1. The van der Waals surface area contributed by atoms with Gasteiger partial charge in [0.1, 0.15) is 5.78 Å². The minimum absolute atomic E-state index is 0.104. The molecule has 1 saturated carbocycles. The van der Waals surface area contributed by atoms with E-state index in [4.69, 9.17) is 12.2 Å². The molecule has 1 rings (SSSR count). The van der Waals surface area contributed by atoms with Crippen LogP contribution in [0.2, 0.25) is 0 Å². The third kappa shape index (κ3) is 3.76. The Morgan fingerprint density at radius 2 is 2.40 bits per heavy atom. The van der Waals surface area contributed by atoms with Crippen molar-refractivity contribution in [2.75, 3.05) is 7.11 Å². The van der Waals surface area contributed by atoms with Crippen LogP contribution in [-0.4, -0.2) is 23.1 Å². The van der Waals surface area contributed by atoms with Crippen LogP contribution in [0.5, 0.6) is 0 Å². The summed E-state index contributed by atoms with van der Waals surface area (Å²) in [7, 11) is 1.32. The number of thiocarbonyl (C=S) groups is 1. The zero-order chi connectivity index (χ0) is 11.3. The zero-order valence-electron chi connectivity index (χ0n) is 8.39. The third-order valence-corrected chi connectivity index (χ3v) is 3.54. The van der Waals surface area contributed by atoms with Crippen LogP contribution in [0.15, 0.2) is 11.5 Å². The summed E-state index contributed by atoms with van der Waals surface area (Å²) < 4.78 is 5.08. The molecule has 1 atom stereocenters. The maximum absolute atomic E-state index is 11.4. The topological polar surface area (TPSA) is 43.4 Å². The summed E-state index contributed by atoms with van der Waals surface area (Å²) in [5.74, 6) is -0.297. The molecular formula is C10H12O3S2. The second-order valence-corrected chi connectivity index (χ2v) is 4.82. The third-order valence-electron chi connectivity index (χ3n) is 2.18. The highest BCUT2D eigenvalue weighted by molar-refractivity contribution is 8.25. The average molecular weight is 244 g/mol. The van der Waals surface area contributed by atoms with E-state index in [1.54, 1.807) is 5.41 Å². The summed E-state index contributed by atoms with van der Waals surface area (Å²) in [6, 6.07) is 0. The summed E-state index contributed by atoms with van der Waals surface area (Å²) in [5.41, 5.74) is 0. The molecule has 15 heavy (non-hydrogen) atoms. The van der Waals surface area contributed by atoms with E-state index < -0.39 is 5.97 Å². The van der Waals surface area contributed by atoms with Crippen molar-refractivity contribution in [2.45, 2.75) is 19.3 Å². The quantitative estimate of drug-likeness (QED) is 0.432. The van der Waals surface area contributed by atoms with Gasteiger partial charge in [0.05, 0.1) is 17.2 Å². The number of hydrogen-bond donors (Lipinski definition) is 0. The van der Waals surface area contributed by atoms with Gasteiger partial charge >= 0.3 is 5.97 Å². The van der Waals surface area contributed by atoms with E-state index in [1.165, 1.54) is 24.9 Å². The van der Waals surface area contributed by atoms with Gasteiger partial charge in [0.25, 0.3) is 0 Å². The van der Waals surface area contributed by atoms with E-state index in [0.717, 1.165) is 12.8 Å². The van der Waals surface area contributed by atoms with Gasteiger partial charge < -0.3 is 4.74 Å². The SMILES string of the molecule is COC(=O)/C=C/SC(=S)[C@H]1CCCC1=O. The van der Waals surface area contributed by atoms with E-state index in [2.05, 4.69) is 4.74 Å². The molecule has 0 spiro atoms. The second kappa shape index (κ2) is 6.02. The normalized spacial score (nSPS) is 20.9. The first-order valence-corrected chi connectivity index (χ1v) is 5.91. The number of hydrogen-bond acceptors (Lipinski definition) is 5. The number of ether oxygens (including phenoxy) is 1. The molecule has 0 heterocycles. The number of esters is 1. The summed E-state index contributed by atoms with van der Waals surface area (Å²) in [4.78, 5) is 22.1. The van der Waals surface area contributed by atoms with E-state index in [1.807, 2.05) is 0 Å². The number of ketones is 1. The van der Waals surface area contributed by atoms with Crippen LogP contribution in [0.3, 0.4) is 0 Å². The van der Waals surface area contributed by atoms with Gasteiger partial charge in [0, 0.05) is 12.5 Å². The predicted molar refractivity (Wildman–Crippen MR) is 63.7 cm³/mol. The molecule has 0 aromatic rings. The van der Waals surface area contributed by atoms with Crippen molar-refractivity contribution in [3.63, 3.8) is 0 Å².